The van der Waals surface area contributed by atoms with E-state index in [2.05, 4.69) is 6.92 Å². The lowest BCUT2D eigenvalue weighted by Gasteiger charge is -2.31. The van der Waals surface area contributed by atoms with Crippen molar-refractivity contribution in [3.05, 3.63) is 0 Å². The molecule has 4 heteroatoms. The van der Waals surface area contributed by atoms with Crippen molar-refractivity contribution in [2.45, 2.75) is 84.0 Å². The van der Waals surface area contributed by atoms with Crippen LogP contribution in [-0.2, 0) is 9.47 Å². The van der Waals surface area contributed by atoms with Crippen molar-refractivity contribution in [2.75, 3.05) is 13.2 Å². The zero-order valence-corrected chi connectivity index (χ0v) is 14.1. The number of nitrogens with zero attached hydrogens (tertiary/aromatic N) is 1. The minimum absolute atomic E-state index is 0.189. The van der Waals surface area contributed by atoms with Gasteiger partial charge in [0, 0.05) is 6.54 Å². The van der Waals surface area contributed by atoms with Crippen LogP contribution in [0.1, 0.15) is 66.2 Å². The maximum Gasteiger partial charge on any atom is 0.410 e. The van der Waals surface area contributed by atoms with Gasteiger partial charge in [-0.3, -0.25) is 0 Å². The lowest BCUT2D eigenvalue weighted by Crippen LogP contribution is -2.42. The van der Waals surface area contributed by atoms with E-state index in [0.29, 0.717) is 12.7 Å². The molecule has 0 aromatic heterocycles. The SMILES string of the molecule is CC1CCC(OCC2CCCN2C(=O)OC(C)(C)C)CC1. The fourth-order valence-electron chi connectivity index (χ4n) is 3.21. The van der Waals surface area contributed by atoms with Crippen molar-refractivity contribution < 1.29 is 14.3 Å². The Balaban J connectivity index is 1.78. The summed E-state index contributed by atoms with van der Waals surface area (Å²) in [6.45, 7) is 9.52. The van der Waals surface area contributed by atoms with E-state index in [4.69, 9.17) is 9.47 Å². The third-order valence-corrected chi connectivity index (χ3v) is 4.49. The van der Waals surface area contributed by atoms with E-state index >= 15 is 0 Å². The molecule has 0 bridgehead atoms. The lowest BCUT2D eigenvalue weighted by atomic mass is 9.89. The Hall–Kier alpha value is -0.770. The van der Waals surface area contributed by atoms with Crippen LogP contribution in [0, 0.1) is 5.92 Å². The van der Waals surface area contributed by atoms with Gasteiger partial charge < -0.3 is 14.4 Å². The van der Waals surface area contributed by atoms with Crippen molar-refractivity contribution in [3.63, 3.8) is 0 Å². The summed E-state index contributed by atoms with van der Waals surface area (Å²) >= 11 is 0. The summed E-state index contributed by atoms with van der Waals surface area (Å²) in [4.78, 5) is 14.1. The highest BCUT2D eigenvalue weighted by atomic mass is 16.6. The molecule has 0 N–H and O–H groups in total. The predicted octanol–water partition coefficient (Wildman–Crippen LogP) is 3.98. The average molecular weight is 297 g/mol. The first-order valence-electron chi connectivity index (χ1n) is 8.46. The lowest BCUT2D eigenvalue weighted by molar-refractivity contribution is -0.0182. The molecule has 21 heavy (non-hydrogen) atoms. The molecule has 2 rings (SSSR count). The average Bonchev–Trinajstić information content (AvgIpc) is 2.84. The van der Waals surface area contributed by atoms with Gasteiger partial charge in [0.2, 0.25) is 0 Å². The molecule has 1 saturated heterocycles. The van der Waals surface area contributed by atoms with E-state index in [1.165, 1.54) is 25.7 Å². The Morgan fingerprint density at radius 1 is 1.14 bits per heavy atom. The quantitative estimate of drug-likeness (QED) is 0.791. The number of hydrogen-bond acceptors (Lipinski definition) is 3. The fourth-order valence-corrected chi connectivity index (χ4v) is 3.21. The smallest absolute Gasteiger partial charge is 0.410 e. The molecule has 1 aliphatic carbocycles. The molecule has 1 unspecified atom stereocenters. The largest absolute Gasteiger partial charge is 0.444 e. The molecule has 1 saturated carbocycles. The zero-order valence-electron chi connectivity index (χ0n) is 14.1. The Morgan fingerprint density at radius 3 is 2.43 bits per heavy atom. The predicted molar refractivity (Wildman–Crippen MR) is 83.3 cm³/mol. The number of carbonyl (C=O) groups is 1. The van der Waals surface area contributed by atoms with E-state index in [0.717, 1.165) is 25.3 Å². The summed E-state index contributed by atoms with van der Waals surface area (Å²) in [7, 11) is 0. The normalized spacial score (nSPS) is 30.5. The second kappa shape index (κ2) is 6.99. The maximum atomic E-state index is 12.2. The third kappa shape index (κ3) is 5.17. The van der Waals surface area contributed by atoms with Gasteiger partial charge in [0.15, 0.2) is 0 Å². The zero-order chi connectivity index (χ0) is 15.5. The van der Waals surface area contributed by atoms with Crippen molar-refractivity contribution in [1.82, 2.24) is 4.90 Å². The molecule has 0 aromatic rings. The van der Waals surface area contributed by atoms with Crippen LogP contribution in [0.3, 0.4) is 0 Å². The van der Waals surface area contributed by atoms with Crippen LogP contribution >= 0.6 is 0 Å². The summed E-state index contributed by atoms with van der Waals surface area (Å²) in [5.41, 5.74) is -0.426. The first kappa shape index (κ1) is 16.6. The highest BCUT2D eigenvalue weighted by molar-refractivity contribution is 5.68. The molecule has 2 fully saturated rings. The van der Waals surface area contributed by atoms with Gasteiger partial charge in [0.05, 0.1) is 18.8 Å². The number of amides is 1. The van der Waals surface area contributed by atoms with Crippen LogP contribution in [0.25, 0.3) is 0 Å². The number of likely N-dealkylation sites (tertiary alicyclic amines) is 1. The van der Waals surface area contributed by atoms with Gasteiger partial charge in [0.25, 0.3) is 0 Å². The van der Waals surface area contributed by atoms with Crippen LogP contribution < -0.4 is 0 Å². The highest BCUT2D eigenvalue weighted by Crippen LogP contribution is 2.27. The topological polar surface area (TPSA) is 38.8 Å². The van der Waals surface area contributed by atoms with Gasteiger partial charge in [-0.25, -0.2) is 4.79 Å². The van der Waals surface area contributed by atoms with E-state index in [1.807, 2.05) is 25.7 Å². The Labute approximate surface area is 129 Å². The summed E-state index contributed by atoms with van der Waals surface area (Å²) in [6.07, 6.45) is 7.15. The van der Waals surface area contributed by atoms with Crippen molar-refractivity contribution >= 4 is 6.09 Å². The molecule has 1 heterocycles. The second-order valence-corrected chi connectivity index (χ2v) is 7.69. The molecule has 1 amide bonds. The van der Waals surface area contributed by atoms with E-state index in [9.17, 15) is 4.79 Å². The van der Waals surface area contributed by atoms with Crippen molar-refractivity contribution in [2.24, 2.45) is 5.92 Å². The minimum Gasteiger partial charge on any atom is -0.444 e. The summed E-state index contributed by atoms with van der Waals surface area (Å²) in [6, 6.07) is 0.194. The molecular formula is C17H31NO3. The third-order valence-electron chi connectivity index (χ3n) is 4.49. The van der Waals surface area contributed by atoms with Gasteiger partial charge >= 0.3 is 6.09 Å². The van der Waals surface area contributed by atoms with Crippen LogP contribution in [-0.4, -0.2) is 41.9 Å². The summed E-state index contributed by atoms with van der Waals surface area (Å²) in [5.74, 6) is 0.842. The summed E-state index contributed by atoms with van der Waals surface area (Å²) < 4.78 is 11.6. The van der Waals surface area contributed by atoms with Crippen LogP contribution in [0.5, 0.6) is 0 Å². The first-order chi connectivity index (χ1) is 9.85. The van der Waals surface area contributed by atoms with Crippen LogP contribution in [0.2, 0.25) is 0 Å². The van der Waals surface area contributed by atoms with E-state index in [-0.39, 0.29) is 12.1 Å². The van der Waals surface area contributed by atoms with Crippen molar-refractivity contribution in [1.29, 1.82) is 0 Å². The number of carbonyl (C=O) groups excluding carboxylic acids is 1. The minimum atomic E-state index is -0.426. The Bertz CT molecular complexity index is 342. The fraction of sp³-hybridized carbons (Fsp3) is 0.941. The Morgan fingerprint density at radius 2 is 1.81 bits per heavy atom. The first-order valence-corrected chi connectivity index (χ1v) is 8.46. The molecule has 0 aromatic carbocycles. The van der Waals surface area contributed by atoms with Gasteiger partial charge in [-0.2, -0.15) is 0 Å². The van der Waals surface area contributed by atoms with Crippen LogP contribution in [0.15, 0.2) is 0 Å². The molecule has 1 atom stereocenters. The van der Waals surface area contributed by atoms with Crippen LogP contribution in [0.4, 0.5) is 4.79 Å². The maximum absolute atomic E-state index is 12.2. The monoisotopic (exact) mass is 297 g/mol. The molecular weight excluding hydrogens is 266 g/mol. The molecule has 0 radical (unpaired) electrons. The highest BCUT2D eigenvalue weighted by Gasteiger charge is 2.33. The molecule has 4 nitrogen and oxygen atoms in total. The van der Waals surface area contributed by atoms with Gasteiger partial charge in [-0.1, -0.05) is 6.92 Å². The molecule has 122 valence electrons. The van der Waals surface area contributed by atoms with E-state index < -0.39 is 5.60 Å². The number of hydrogen-bond donors (Lipinski definition) is 0. The number of ether oxygens (including phenoxy) is 2. The van der Waals surface area contributed by atoms with Crippen molar-refractivity contribution in [3.8, 4) is 0 Å². The van der Waals surface area contributed by atoms with Gasteiger partial charge in [-0.15, -0.1) is 0 Å². The molecule has 1 aliphatic heterocycles. The number of rotatable bonds is 3. The summed E-state index contributed by atoms with van der Waals surface area (Å²) in [5, 5.41) is 0. The molecule has 2 aliphatic rings. The van der Waals surface area contributed by atoms with E-state index in [1.54, 1.807) is 0 Å². The standard InChI is InChI=1S/C17H31NO3/c1-13-7-9-15(10-8-13)20-12-14-6-5-11-18(14)16(19)21-17(2,3)4/h13-15H,5-12H2,1-4H3. The second-order valence-electron chi connectivity index (χ2n) is 7.69. The van der Waals surface area contributed by atoms with Gasteiger partial charge in [0.1, 0.15) is 5.60 Å². The molecule has 0 spiro atoms. The van der Waals surface area contributed by atoms with Gasteiger partial charge in [-0.05, 0) is 65.2 Å². The Kier molecular flexibility index (Phi) is 5.53.